The lowest BCUT2D eigenvalue weighted by Gasteiger charge is -2.33. The molecule has 2 amide bonds. The van der Waals surface area contributed by atoms with Gasteiger partial charge in [0.15, 0.2) is 0 Å². The van der Waals surface area contributed by atoms with Gasteiger partial charge < -0.3 is 10.2 Å². The first-order valence-electron chi connectivity index (χ1n) is 10.1. The highest BCUT2D eigenvalue weighted by atomic mass is 16.2. The largest absolute Gasteiger partial charge is 0.350 e. The fourth-order valence-electron chi connectivity index (χ4n) is 3.30. The fourth-order valence-corrected chi connectivity index (χ4v) is 3.30. The summed E-state index contributed by atoms with van der Waals surface area (Å²) in [5.74, 6) is -0.509. The lowest BCUT2D eigenvalue weighted by molar-refractivity contribution is -0.144. The van der Waals surface area contributed by atoms with E-state index in [1.54, 1.807) is 17.3 Å². The first-order valence-corrected chi connectivity index (χ1v) is 10.1. The first-order chi connectivity index (χ1) is 14.6. The topological polar surface area (TPSA) is 62.3 Å². The maximum Gasteiger partial charge on any atom is 0.247 e. The van der Waals surface area contributed by atoms with Crippen LogP contribution in [0.15, 0.2) is 85.2 Å². The van der Waals surface area contributed by atoms with Crippen molar-refractivity contribution in [2.45, 2.75) is 33.0 Å². The highest BCUT2D eigenvalue weighted by Gasteiger charge is 2.32. The molecule has 5 nitrogen and oxygen atoms in total. The number of carbonyl (C=O) groups is 2. The Morgan fingerprint density at radius 2 is 1.53 bits per heavy atom. The number of aromatic nitrogens is 1. The molecular formula is C25H27N3O2. The molecule has 0 aliphatic carbocycles. The summed E-state index contributed by atoms with van der Waals surface area (Å²) in [5.41, 5.74) is 2.67. The maximum atomic E-state index is 13.4. The molecule has 0 aliphatic heterocycles. The van der Waals surface area contributed by atoms with Crippen molar-refractivity contribution in [1.29, 1.82) is 0 Å². The number of nitrogens with zero attached hydrogens (tertiary/aromatic N) is 2. The SMILES string of the molecule is CC(C)C(=O)N(Cc1ccccc1)C(C(=O)NCc1cccnc1)c1ccccc1. The molecule has 0 bridgehead atoms. The fraction of sp³-hybridized carbons (Fsp3) is 0.240. The van der Waals surface area contributed by atoms with Gasteiger partial charge in [0.2, 0.25) is 11.8 Å². The van der Waals surface area contributed by atoms with Crippen molar-refractivity contribution in [1.82, 2.24) is 15.2 Å². The minimum absolute atomic E-state index is 0.0655. The van der Waals surface area contributed by atoms with Gasteiger partial charge in [0, 0.05) is 31.4 Å². The average Bonchev–Trinajstić information content (AvgIpc) is 2.79. The van der Waals surface area contributed by atoms with E-state index in [-0.39, 0.29) is 17.7 Å². The number of benzene rings is 2. The monoisotopic (exact) mass is 401 g/mol. The number of pyridine rings is 1. The molecule has 1 N–H and O–H groups in total. The summed E-state index contributed by atoms with van der Waals surface area (Å²) in [6, 6.07) is 22.2. The Hall–Kier alpha value is -3.47. The molecule has 0 saturated heterocycles. The van der Waals surface area contributed by atoms with Crippen molar-refractivity contribution < 1.29 is 9.59 Å². The van der Waals surface area contributed by atoms with Crippen LogP contribution in [-0.4, -0.2) is 21.7 Å². The van der Waals surface area contributed by atoms with Crippen molar-refractivity contribution in [3.8, 4) is 0 Å². The summed E-state index contributed by atoms with van der Waals surface area (Å²) in [5, 5.41) is 2.98. The van der Waals surface area contributed by atoms with Gasteiger partial charge in [-0.25, -0.2) is 0 Å². The third kappa shape index (κ3) is 5.54. The molecule has 30 heavy (non-hydrogen) atoms. The van der Waals surface area contributed by atoms with Crippen LogP contribution in [0, 0.1) is 5.92 Å². The van der Waals surface area contributed by atoms with Gasteiger partial charge in [0.1, 0.15) is 6.04 Å². The molecule has 2 aromatic carbocycles. The van der Waals surface area contributed by atoms with Gasteiger partial charge in [0.25, 0.3) is 0 Å². The molecule has 3 rings (SSSR count). The van der Waals surface area contributed by atoms with Crippen LogP contribution in [0.3, 0.4) is 0 Å². The smallest absolute Gasteiger partial charge is 0.247 e. The Bertz CT molecular complexity index is 944. The van der Waals surface area contributed by atoms with Gasteiger partial charge in [-0.2, -0.15) is 0 Å². The van der Waals surface area contributed by atoms with Crippen LogP contribution in [0.2, 0.25) is 0 Å². The molecule has 0 fully saturated rings. The summed E-state index contributed by atoms with van der Waals surface area (Å²) in [6.45, 7) is 4.43. The summed E-state index contributed by atoms with van der Waals surface area (Å²) in [6.07, 6.45) is 3.42. The van der Waals surface area contributed by atoms with E-state index in [0.717, 1.165) is 16.7 Å². The van der Waals surface area contributed by atoms with Gasteiger partial charge in [-0.05, 0) is 22.8 Å². The van der Waals surface area contributed by atoms with Gasteiger partial charge in [-0.15, -0.1) is 0 Å². The van der Waals surface area contributed by atoms with E-state index >= 15 is 0 Å². The molecule has 1 heterocycles. The predicted molar refractivity (Wildman–Crippen MR) is 117 cm³/mol. The molecule has 5 heteroatoms. The third-order valence-corrected chi connectivity index (χ3v) is 4.84. The summed E-state index contributed by atoms with van der Waals surface area (Å²) >= 11 is 0. The Kier molecular flexibility index (Phi) is 7.33. The zero-order chi connectivity index (χ0) is 21.3. The van der Waals surface area contributed by atoms with Gasteiger partial charge in [-0.3, -0.25) is 14.6 Å². The van der Waals surface area contributed by atoms with E-state index in [2.05, 4.69) is 10.3 Å². The zero-order valence-corrected chi connectivity index (χ0v) is 17.4. The molecule has 1 aromatic heterocycles. The van der Waals surface area contributed by atoms with Crippen LogP contribution in [0.5, 0.6) is 0 Å². The van der Waals surface area contributed by atoms with Crippen LogP contribution in [0.1, 0.15) is 36.6 Å². The second-order valence-corrected chi connectivity index (χ2v) is 7.50. The van der Waals surface area contributed by atoms with E-state index in [4.69, 9.17) is 0 Å². The second-order valence-electron chi connectivity index (χ2n) is 7.50. The molecule has 154 valence electrons. The zero-order valence-electron chi connectivity index (χ0n) is 17.4. The summed E-state index contributed by atoms with van der Waals surface area (Å²) in [4.78, 5) is 32.3. The molecule has 3 aromatic rings. The van der Waals surface area contributed by atoms with E-state index in [1.807, 2.05) is 86.6 Å². The number of hydrogen-bond acceptors (Lipinski definition) is 3. The van der Waals surface area contributed by atoms with Gasteiger partial charge >= 0.3 is 0 Å². The minimum Gasteiger partial charge on any atom is -0.350 e. The lowest BCUT2D eigenvalue weighted by Crippen LogP contribution is -2.44. The second kappa shape index (κ2) is 10.3. The molecule has 1 unspecified atom stereocenters. The quantitative estimate of drug-likeness (QED) is 0.617. The summed E-state index contributed by atoms with van der Waals surface area (Å²) in [7, 11) is 0. The van der Waals surface area contributed by atoms with E-state index in [1.165, 1.54) is 0 Å². The number of nitrogens with one attached hydrogen (secondary N) is 1. The Morgan fingerprint density at radius 3 is 2.13 bits per heavy atom. The highest BCUT2D eigenvalue weighted by molar-refractivity contribution is 5.89. The number of amides is 2. The number of rotatable bonds is 8. The number of carbonyl (C=O) groups excluding carboxylic acids is 2. The first kappa shape index (κ1) is 21.2. The molecule has 0 saturated carbocycles. The Balaban J connectivity index is 1.92. The van der Waals surface area contributed by atoms with Crippen molar-refractivity contribution in [3.05, 3.63) is 102 Å². The van der Waals surface area contributed by atoms with Crippen LogP contribution in [0.25, 0.3) is 0 Å². The minimum atomic E-state index is -0.724. The van der Waals surface area contributed by atoms with Crippen molar-refractivity contribution in [2.75, 3.05) is 0 Å². The van der Waals surface area contributed by atoms with Gasteiger partial charge in [0.05, 0.1) is 0 Å². The van der Waals surface area contributed by atoms with E-state index in [0.29, 0.717) is 13.1 Å². The van der Waals surface area contributed by atoms with Gasteiger partial charge in [-0.1, -0.05) is 80.6 Å². The molecule has 0 radical (unpaired) electrons. The highest BCUT2D eigenvalue weighted by Crippen LogP contribution is 2.25. The molecular weight excluding hydrogens is 374 g/mol. The van der Waals surface area contributed by atoms with E-state index in [9.17, 15) is 9.59 Å². The Labute approximate surface area is 177 Å². The van der Waals surface area contributed by atoms with Crippen LogP contribution >= 0.6 is 0 Å². The normalized spacial score (nSPS) is 11.7. The molecule has 0 aliphatic rings. The molecule has 0 spiro atoms. The third-order valence-electron chi connectivity index (χ3n) is 4.84. The Morgan fingerprint density at radius 1 is 0.900 bits per heavy atom. The standard InChI is InChI=1S/C25H27N3O2/c1-19(2)25(30)28(18-20-10-5-3-6-11-20)23(22-13-7-4-8-14-22)24(29)27-17-21-12-9-15-26-16-21/h3-16,19,23H,17-18H2,1-2H3,(H,27,29). The van der Waals surface area contributed by atoms with Crippen molar-refractivity contribution in [3.63, 3.8) is 0 Å². The van der Waals surface area contributed by atoms with Crippen LogP contribution < -0.4 is 5.32 Å². The number of hydrogen-bond donors (Lipinski definition) is 1. The van der Waals surface area contributed by atoms with Crippen molar-refractivity contribution in [2.24, 2.45) is 5.92 Å². The lowest BCUT2D eigenvalue weighted by atomic mass is 10.0. The van der Waals surface area contributed by atoms with E-state index < -0.39 is 6.04 Å². The predicted octanol–water partition coefficient (Wildman–Crippen LogP) is 4.12. The van der Waals surface area contributed by atoms with Crippen LogP contribution in [0.4, 0.5) is 0 Å². The van der Waals surface area contributed by atoms with Crippen LogP contribution in [-0.2, 0) is 22.7 Å². The maximum absolute atomic E-state index is 13.4. The average molecular weight is 402 g/mol. The van der Waals surface area contributed by atoms with Crippen molar-refractivity contribution >= 4 is 11.8 Å². The molecule has 1 atom stereocenters. The summed E-state index contributed by atoms with van der Waals surface area (Å²) < 4.78 is 0.